The second kappa shape index (κ2) is 8.79. The van der Waals surface area contributed by atoms with Crippen LogP contribution in [0.25, 0.3) is 17.4 Å². The predicted octanol–water partition coefficient (Wildman–Crippen LogP) is 5.09. The Hall–Kier alpha value is -2.32. The summed E-state index contributed by atoms with van der Waals surface area (Å²) < 4.78 is 11.9. The average Bonchev–Trinajstić information content (AvgIpc) is 3.23. The summed E-state index contributed by atoms with van der Waals surface area (Å²) in [4.78, 5) is 37.6. The molecule has 1 fully saturated rings. The second-order valence-corrected chi connectivity index (χ2v) is 8.09. The first-order valence-corrected chi connectivity index (χ1v) is 10.3. The molecule has 1 atom stereocenters. The summed E-state index contributed by atoms with van der Waals surface area (Å²) in [6.07, 6.45) is 1.91. The maximum Gasteiger partial charge on any atom is 0.326 e. The van der Waals surface area contributed by atoms with Crippen LogP contribution < -0.4 is 0 Å². The van der Waals surface area contributed by atoms with Gasteiger partial charge in [0.2, 0.25) is 0 Å². The van der Waals surface area contributed by atoms with Crippen LogP contribution in [0.1, 0.15) is 26.0 Å². The number of benzene rings is 1. The van der Waals surface area contributed by atoms with E-state index < -0.39 is 23.7 Å². The van der Waals surface area contributed by atoms with E-state index in [0.717, 1.165) is 26.7 Å². The third kappa shape index (κ3) is 4.74. The molecule has 146 valence electrons. The topological polar surface area (TPSA) is 76.8 Å². The molecule has 1 aliphatic rings. The maximum atomic E-state index is 12.5. The number of rotatable bonds is 6. The van der Waals surface area contributed by atoms with Gasteiger partial charge in [-0.1, -0.05) is 35.0 Å². The van der Waals surface area contributed by atoms with Gasteiger partial charge < -0.3 is 9.15 Å². The molecule has 2 heterocycles. The molecule has 1 saturated heterocycles. The Bertz CT molecular complexity index is 934. The number of esters is 1. The fourth-order valence-corrected chi connectivity index (χ4v) is 3.52. The van der Waals surface area contributed by atoms with Crippen molar-refractivity contribution in [2.24, 2.45) is 0 Å². The number of hydrogen-bond acceptors (Lipinski definition) is 6. The van der Waals surface area contributed by atoms with Crippen molar-refractivity contribution < 1.29 is 23.5 Å². The minimum Gasteiger partial charge on any atom is -0.461 e. The molecule has 2 aromatic rings. The lowest BCUT2D eigenvalue weighted by molar-refractivity contribution is -0.150. The van der Waals surface area contributed by atoms with Crippen molar-refractivity contribution in [3.63, 3.8) is 0 Å². The van der Waals surface area contributed by atoms with E-state index in [1.165, 1.54) is 6.08 Å². The van der Waals surface area contributed by atoms with Crippen LogP contribution in [0.4, 0.5) is 4.79 Å². The molecule has 1 aromatic heterocycles. The summed E-state index contributed by atoms with van der Waals surface area (Å²) >= 11 is 4.16. The van der Waals surface area contributed by atoms with E-state index >= 15 is 0 Å². The first-order chi connectivity index (χ1) is 13.4. The van der Waals surface area contributed by atoms with Gasteiger partial charge in [-0.3, -0.25) is 19.3 Å². The van der Waals surface area contributed by atoms with Gasteiger partial charge >= 0.3 is 5.97 Å². The Morgan fingerprint density at radius 3 is 2.64 bits per heavy atom. The van der Waals surface area contributed by atoms with Gasteiger partial charge in [-0.25, -0.2) is 0 Å². The number of ether oxygens (including phenoxy) is 1. The number of nitrogens with zero attached hydrogens (tertiary/aromatic N) is 1. The monoisotopic (exact) mass is 463 g/mol. The third-order valence-corrected chi connectivity index (χ3v) is 5.53. The van der Waals surface area contributed by atoms with E-state index in [0.29, 0.717) is 17.9 Å². The molecule has 8 heteroatoms. The number of amides is 2. The van der Waals surface area contributed by atoms with Crippen LogP contribution in [0.2, 0.25) is 0 Å². The van der Waals surface area contributed by atoms with E-state index in [-0.39, 0.29) is 11.0 Å². The van der Waals surface area contributed by atoms with Crippen LogP contribution in [-0.2, 0) is 14.3 Å². The largest absolute Gasteiger partial charge is 0.461 e. The molecule has 0 radical (unpaired) electrons. The lowest BCUT2D eigenvalue weighted by Gasteiger charge is -2.14. The number of carbonyl (C=O) groups is 3. The van der Waals surface area contributed by atoms with Crippen molar-refractivity contribution in [1.29, 1.82) is 0 Å². The molecular weight excluding hydrogens is 446 g/mol. The van der Waals surface area contributed by atoms with E-state index in [4.69, 9.17) is 9.15 Å². The molecule has 0 aliphatic carbocycles. The SMILES string of the molecule is CC[C@H](C)OC(=O)CN1C(=O)S/C(=C/c2ccc(-c3ccc(Br)cc3)o2)C1=O. The van der Waals surface area contributed by atoms with E-state index in [1.807, 2.05) is 31.2 Å². The van der Waals surface area contributed by atoms with Crippen molar-refractivity contribution in [1.82, 2.24) is 4.90 Å². The van der Waals surface area contributed by atoms with Gasteiger partial charge in [-0.05, 0) is 49.4 Å². The fraction of sp³-hybridized carbons (Fsp3) is 0.250. The fourth-order valence-electron chi connectivity index (χ4n) is 2.44. The summed E-state index contributed by atoms with van der Waals surface area (Å²) in [5.41, 5.74) is 0.892. The predicted molar refractivity (Wildman–Crippen MR) is 110 cm³/mol. The van der Waals surface area contributed by atoms with Crippen molar-refractivity contribution in [2.75, 3.05) is 6.54 Å². The van der Waals surface area contributed by atoms with E-state index in [9.17, 15) is 14.4 Å². The molecule has 6 nitrogen and oxygen atoms in total. The highest BCUT2D eigenvalue weighted by Gasteiger charge is 2.37. The molecule has 28 heavy (non-hydrogen) atoms. The van der Waals surface area contributed by atoms with Crippen LogP contribution in [0, 0.1) is 0 Å². The summed E-state index contributed by atoms with van der Waals surface area (Å²) in [5.74, 6) is -0.0353. The van der Waals surface area contributed by atoms with Gasteiger partial charge in [0.05, 0.1) is 11.0 Å². The highest BCUT2D eigenvalue weighted by Crippen LogP contribution is 2.33. The molecular formula is C20H18BrNO5S. The molecule has 0 bridgehead atoms. The van der Waals surface area contributed by atoms with Crippen LogP contribution in [0.5, 0.6) is 0 Å². The number of furan rings is 1. The number of halogens is 1. The Morgan fingerprint density at radius 2 is 1.96 bits per heavy atom. The number of carbonyl (C=O) groups excluding carboxylic acids is 3. The Kier molecular flexibility index (Phi) is 6.41. The lowest BCUT2D eigenvalue weighted by atomic mass is 10.2. The van der Waals surface area contributed by atoms with Gasteiger partial charge in [0.25, 0.3) is 11.1 Å². The molecule has 0 saturated carbocycles. The van der Waals surface area contributed by atoms with Crippen LogP contribution in [0.3, 0.4) is 0 Å². The standard InChI is InChI=1S/C20H18BrNO5S/c1-3-12(2)26-18(23)11-22-19(24)17(28-20(22)25)10-15-8-9-16(27-15)13-4-6-14(21)7-5-13/h4-10,12H,3,11H2,1-2H3/b17-10+/t12-/m0/s1. The lowest BCUT2D eigenvalue weighted by Crippen LogP contribution is -2.35. The Balaban J connectivity index is 1.71. The van der Waals surface area contributed by atoms with Gasteiger partial charge in [-0.2, -0.15) is 0 Å². The average molecular weight is 464 g/mol. The summed E-state index contributed by atoms with van der Waals surface area (Å²) in [7, 11) is 0. The Labute approximate surface area is 175 Å². The first kappa shape index (κ1) is 20.4. The maximum absolute atomic E-state index is 12.5. The zero-order valence-electron chi connectivity index (χ0n) is 15.3. The van der Waals surface area contributed by atoms with Gasteiger partial charge in [0.15, 0.2) is 0 Å². The molecule has 0 N–H and O–H groups in total. The Morgan fingerprint density at radius 1 is 1.25 bits per heavy atom. The molecule has 0 spiro atoms. The highest BCUT2D eigenvalue weighted by atomic mass is 79.9. The van der Waals surface area contributed by atoms with Gasteiger partial charge in [0.1, 0.15) is 18.1 Å². The van der Waals surface area contributed by atoms with Crippen molar-refractivity contribution >= 4 is 50.9 Å². The third-order valence-electron chi connectivity index (χ3n) is 4.10. The first-order valence-electron chi connectivity index (χ1n) is 8.68. The van der Waals surface area contributed by atoms with Crippen LogP contribution in [0.15, 0.2) is 50.2 Å². The zero-order valence-corrected chi connectivity index (χ0v) is 17.7. The smallest absolute Gasteiger partial charge is 0.326 e. The normalized spacial score (nSPS) is 16.7. The van der Waals surface area contributed by atoms with Gasteiger partial charge in [-0.15, -0.1) is 0 Å². The number of thioether (sulfide) groups is 1. The molecule has 3 rings (SSSR count). The number of imide groups is 1. The molecule has 0 unspecified atom stereocenters. The summed E-state index contributed by atoms with van der Waals surface area (Å²) in [6.45, 7) is 3.24. The van der Waals surface area contributed by atoms with E-state index in [2.05, 4.69) is 15.9 Å². The second-order valence-electron chi connectivity index (χ2n) is 6.19. The zero-order chi connectivity index (χ0) is 20.3. The summed E-state index contributed by atoms with van der Waals surface area (Å²) in [5, 5.41) is -0.503. The molecule has 1 aromatic carbocycles. The number of hydrogen-bond donors (Lipinski definition) is 0. The quantitative estimate of drug-likeness (QED) is 0.438. The molecule has 2 amide bonds. The summed E-state index contributed by atoms with van der Waals surface area (Å²) in [6, 6.07) is 11.1. The highest BCUT2D eigenvalue weighted by molar-refractivity contribution is 9.10. The van der Waals surface area contributed by atoms with Crippen molar-refractivity contribution in [3.05, 3.63) is 51.5 Å². The van der Waals surface area contributed by atoms with Crippen LogP contribution >= 0.6 is 27.7 Å². The van der Waals surface area contributed by atoms with Crippen LogP contribution in [-0.4, -0.2) is 34.7 Å². The minimum absolute atomic E-state index is 0.207. The van der Waals surface area contributed by atoms with Crippen molar-refractivity contribution in [3.8, 4) is 11.3 Å². The molecule has 1 aliphatic heterocycles. The van der Waals surface area contributed by atoms with Crippen molar-refractivity contribution in [2.45, 2.75) is 26.4 Å². The minimum atomic E-state index is -0.603. The van der Waals surface area contributed by atoms with E-state index in [1.54, 1.807) is 19.1 Å². The van der Waals surface area contributed by atoms with Gasteiger partial charge in [0, 0.05) is 16.1 Å².